The minimum atomic E-state index is -0.351. The zero-order chi connectivity index (χ0) is 23.3. The molecule has 1 atom stereocenters. The molecule has 0 bridgehead atoms. The van der Waals surface area contributed by atoms with Crippen molar-refractivity contribution in [2.24, 2.45) is 11.8 Å². The summed E-state index contributed by atoms with van der Waals surface area (Å²) in [4.78, 5) is 36.3. The van der Waals surface area contributed by atoms with Crippen molar-refractivity contribution < 1.29 is 14.3 Å². The normalized spacial score (nSPS) is 15.4. The number of hydrogen-bond donors (Lipinski definition) is 1. The Hall–Kier alpha value is -2.96. The number of carbonyl (C=O) groups is 2. The number of anilines is 1. The van der Waals surface area contributed by atoms with Gasteiger partial charge in [-0.1, -0.05) is 19.1 Å². The van der Waals surface area contributed by atoms with Crippen LogP contribution >= 0.6 is 0 Å². The Morgan fingerprint density at radius 1 is 1.19 bits per heavy atom. The lowest BCUT2D eigenvalue weighted by Crippen LogP contribution is -2.41. The van der Waals surface area contributed by atoms with Gasteiger partial charge in [-0.15, -0.1) is 0 Å². The largest absolute Gasteiger partial charge is 0.496 e. The quantitative estimate of drug-likeness (QED) is 0.630. The number of rotatable bonds is 8. The monoisotopic (exact) mass is 438 g/mol. The lowest BCUT2D eigenvalue weighted by molar-refractivity contribution is -0.136. The van der Waals surface area contributed by atoms with E-state index in [1.807, 2.05) is 37.8 Å². The molecule has 1 saturated heterocycles. The summed E-state index contributed by atoms with van der Waals surface area (Å²) in [5, 5.41) is 0. The molecule has 172 valence electrons. The highest BCUT2D eigenvalue weighted by Crippen LogP contribution is 2.27. The number of methoxy groups -OCH3 is 1. The average molecular weight is 439 g/mol. The molecule has 1 aromatic heterocycles. The molecule has 0 radical (unpaired) electrons. The van der Waals surface area contributed by atoms with E-state index in [0.717, 1.165) is 50.0 Å². The molecule has 2 aromatic rings. The van der Waals surface area contributed by atoms with Crippen LogP contribution < -0.4 is 10.5 Å². The number of nitrogen functional groups attached to an aromatic ring is 1. The first-order chi connectivity index (χ1) is 15.3. The van der Waals surface area contributed by atoms with E-state index in [-0.39, 0.29) is 24.0 Å². The van der Waals surface area contributed by atoms with Gasteiger partial charge in [0.15, 0.2) is 5.78 Å². The molecule has 1 amide bonds. The zero-order valence-corrected chi connectivity index (χ0v) is 19.6. The molecular formula is C25H34N4O3. The van der Waals surface area contributed by atoms with Crippen LogP contribution in [-0.2, 0) is 11.2 Å². The van der Waals surface area contributed by atoms with Crippen LogP contribution in [0.3, 0.4) is 0 Å². The number of amides is 1. The fraction of sp³-hybridized carbons (Fsp3) is 0.520. The van der Waals surface area contributed by atoms with Crippen molar-refractivity contribution in [1.29, 1.82) is 0 Å². The number of nitrogens with two attached hydrogens (primary N) is 1. The molecule has 2 heterocycles. The van der Waals surface area contributed by atoms with E-state index in [1.165, 1.54) is 0 Å². The van der Waals surface area contributed by atoms with E-state index < -0.39 is 0 Å². The van der Waals surface area contributed by atoms with E-state index in [2.05, 4.69) is 9.97 Å². The van der Waals surface area contributed by atoms with Gasteiger partial charge in [-0.3, -0.25) is 9.59 Å². The van der Waals surface area contributed by atoms with Gasteiger partial charge in [0.05, 0.1) is 12.7 Å². The number of para-hydroxylation sites is 1. The predicted molar refractivity (Wildman–Crippen MR) is 125 cm³/mol. The summed E-state index contributed by atoms with van der Waals surface area (Å²) in [5.74, 6) is 2.02. The van der Waals surface area contributed by atoms with Crippen LogP contribution in [0, 0.1) is 25.7 Å². The van der Waals surface area contributed by atoms with Gasteiger partial charge in [0.2, 0.25) is 5.91 Å². The summed E-state index contributed by atoms with van der Waals surface area (Å²) in [7, 11) is 1.55. The Labute approximate surface area is 190 Å². The Morgan fingerprint density at radius 2 is 1.88 bits per heavy atom. The topological polar surface area (TPSA) is 98.4 Å². The zero-order valence-electron chi connectivity index (χ0n) is 19.6. The van der Waals surface area contributed by atoms with Crippen molar-refractivity contribution in [3.63, 3.8) is 0 Å². The fourth-order valence-corrected chi connectivity index (χ4v) is 4.52. The molecule has 0 spiro atoms. The van der Waals surface area contributed by atoms with Crippen LogP contribution in [0.5, 0.6) is 5.75 Å². The molecule has 2 N–H and O–H groups in total. The maximum Gasteiger partial charge on any atom is 0.225 e. The molecule has 1 aliphatic heterocycles. The SMILES string of the molecule is COc1ccccc1C(=O)C[C@@H](C)C(=O)N1CCC(CCc2c(C)nc(C)nc2N)CC1. The summed E-state index contributed by atoms with van der Waals surface area (Å²) in [5.41, 5.74) is 8.62. The number of aryl methyl sites for hydroxylation is 2. The Morgan fingerprint density at radius 3 is 2.53 bits per heavy atom. The first kappa shape index (κ1) is 23.7. The highest BCUT2D eigenvalue weighted by Gasteiger charge is 2.28. The Balaban J connectivity index is 1.49. The van der Waals surface area contributed by atoms with E-state index in [4.69, 9.17) is 10.5 Å². The number of ether oxygens (including phenoxy) is 1. The van der Waals surface area contributed by atoms with E-state index in [9.17, 15) is 9.59 Å². The van der Waals surface area contributed by atoms with Crippen molar-refractivity contribution in [3.8, 4) is 5.75 Å². The smallest absolute Gasteiger partial charge is 0.225 e. The van der Waals surface area contributed by atoms with Gasteiger partial charge < -0.3 is 15.4 Å². The number of aromatic nitrogens is 2. The molecule has 1 fully saturated rings. The van der Waals surface area contributed by atoms with Gasteiger partial charge in [0.25, 0.3) is 0 Å². The van der Waals surface area contributed by atoms with Crippen LogP contribution in [0.1, 0.15) is 60.0 Å². The third-order valence-electron chi connectivity index (χ3n) is 6.41. The lowest BCUT2D eigenvalue weighted by atomic mass is 9.89. The summed E-state index contributed by atoms with van der Waals surface area (Å²) < 4.78 is 5.28. The standard InChI is InChI=1S/C25H34N4O3/c1-16(15-22(30)21-7-5-6-8-23(21)32-4)25(31)29-13-11-19(12-14-29)9-10-20-17(2)27-18(3)28-24(20)26/h5-8,16,19H,9-15H2,1-4H3,(H2,26,27,28)/t16-/m1/s1. The van der Waals surface area contributed by atoms with Crippen molar-refractivity contribution in [2.45, 2.75) is 52.9 Å². The number of carbonyl (C=O) groups excluding carboxylic acids is 2. The number of nitrogens with zero attached hydrogens (tertiary/aromatic N) is 3. The summed E-state index contributed by atoms with van der Waals surface area (Å²) in [6.45, 7) is 7.13. The number of hydrogen-bond acceptors (Lipinski definition) is 6. The van der Waals surface area contributed by atoms with Crippen LogP contribution in [0.15, 0.2) is 24.3 Å². The molecule has 1 aliphatic rings. The van der Waals surface area contributed by atoms with Crippen molar-refractivity contribution in [3.05, 3.63) is 46.9 Å². The van der Waals surface area contributed by atoms with Gasteiger partial charge in [0, 0.05) is 36.7 Å². The average Bonchev–Trinajstić information content (AvgIpc) is 2.78. The van der Waals surface area contributed by atoms with Gasteiger partial charge >= 0.3 is 0 Å². The van der Waals surface area contributed by atoms with E-state index in [1.54, 1.807) is 19.2 Å². The molecule has 3 rings (SSSR count). The molecule has 1 aromatic carbocycles. The molecular weight excluding hydrogens is 404 g/mol. The fourth-order valence-electron chi connectivity index (χ4n) is 4.52. The highest BCUT2D eigenvalue weighted by molar-refractivity contribution is 6.00. The lowest BCUT2D eigenvalue weighted by Gasteiger charge is -2.33. The second-order valence-electron chi connectivity index (χ2n) is 8.76. The van der Waals surface area contributed by atoms with Crippen LogP contribution in [0.25, 0.3) is 0 Å². The minimum Gasteiger partial charge on any atom is -0.496 e. The van der Waals surface area contributed by atoms with E-state index >= 15 is 0 Å². The number of piperidine rings is 1. The van der Waals surface area contributed by atoms with Crippen LogP contribution in [-0.4, -0.2) is 46.8 Å². The highest BCUT2D eigenvalue weighted by atomic mass is 16.5. The van der Waals surface area contributed by atoms with Gasteiger partial charge in [-0.2, -0.15) is 0 Å². The second-order valence-corrected chi connectivity index (χ2v) is 8.76. The number of likely N-dealkylation sites (tertiary alicyclic amines) is 1. The predicted octanol–water partition coefficient (Wildman–Crippen LogP) is 3.76. The number of benzene rings is 1. The summed E-state index contributed by atoms with van der Waals surface area (Å²) in [6.07, 6.45) is 3.99. The summed E-state index contributed by atoms with van der Waals surface area (Å²) >= 11 is 0. The summed E-state index contributed by atoms with van der Waals surface area (Å²) in [6, 6.07) is 7.15. The third-order valence-corrected chi connectivity index (χ3v) is 6.41. The Kier molecular flexibility index (Phi) is 7.83. The minimum absolute atomic E-state index is 0.0544. The first-order valence-electron chi connectivity index (χ1n) is 11.3. The molecule has 0 aliphatic carbocycles. The van der Waals surface area contributed by atoms with Crippen molar-refractivity contribution in [2.75, 3.05) is 25.9 Å². The van der Waals surface area contributed by atoms with Gasteiger partial charge in [-0.05, 0) is 57.6 Å². The van der Waals surface area contributed by atoms with Crippen molar-refractivity contribution >= 4 is 17.5 Å². The van der Waals surface area contributed by atoms with Crippen LogP contribution in [0.2, 0.25) is 0 Å². The van der Waals surface area contributed by atoms with Crippen LogP contribution in [0.4, 0.5) is 5.82 Å². The number of Topliss-reactive ketones (excluding diaryl/α,β-unsaturated/α-hetero) is 1. The molecule has 7 heteroatoms. The molecule has 0 saturated carbocycles. The Bertz CT molecular complexity index is 944. The second kappa shape index (κ2) is 10.6. The maximum absolute atomic E-state index is 12.9. The van der Waals surface area contributed by atoms with Crippen molar-refractivity contribution in [1.82, 2.24) is 14.9 Å². The third kappa shape index (κ3) is 5.64. The van der Waals surface area contributed by atoms with Gasteiger partial charge in [0.1, 0.15) is 17.4 Å². The van der Waals surface area contributed by atoms with Gasteiger partial charge in [-0.25, -0.2) is 9.97 Å². The molecule has 7 nitrogen and oxygen atoms in total. The molecule has 32 heavy (non-hydrogen) atoms. The first-order valence-corrected chi connectivity index (χ1v) is 11.3. The number of ketones is 1. The molecule has 0 unspecified atom stereocenters. The van der Waals surface area contributed by atoms with E-state index in [0.29, 0.717) is 28.9 Å². The maximum atomic E-state index is 12.9.